The number of alkyl halides is 3. The minimum Gasteiger partial charge on any atom is -0.508 e. The van der Waals surface area contributed by atoms with Crippen LogP contribution in [0, 0.1) is 17.3 Å². The summed E-state index contributed by atoms with van der Waals surface area (Å²) in [6.45, 7) is 1.74. The third-order valence-electron chi connectivity index (χ3n) is 7.58. The van der Waals surface area contributed by atoms with Crippen molar-refractivity contribution in [3.8, 4) is 5.75 Å². The second kappa shape index (κ2) is 6.15. The summed E-state index contributed by atoms with van der Waals surface area (Å²) in [5.74, 6) is 0.203. The molecule has 2 N–H and O–H groups in total. The first-order chi connectivity index (χ1) is 12.7. The average Bonchev–Trinajstić information content (AvgIpc) is 2.62. The minimum absolute atomic E-state index is 0.0747. The van der Waals surface area contributed by atoms with Crippen LogP contribution in [0.1, 0.15) is 56.1 Å². The van der Waals surface area contributed by atoms with Crippen LogP contribution in [-0.2, 0) is 6.42 Å². The first-order valence-corrected chi connectivity index (χ1v) is 10.0. The summed E-state index contributed by atoms with van der Waals surface area (Å²) in [7, 11) is 0. The highest BCUT2D eigenvalue weighted by Crippen LogP contribution is 2.67. The Kier molecular flexibility index (Phi) is 4.36. The van der Waals surface area contributed by atoms with Gasteiger partial charge in [-0.15, -0.1) is 0 Å². The van der Waals surface area contributed by atoms with Crippen molar-refractivity contribution in [1.82, 2.24) is 0 Å². The molecule has 0 amide bonds. The van der Waals surface area contributed by atoms with Gasteiger partial charge in [0.2, 0.25) is 5.60 Å². The van der Waals surface area contributed by atoms with Gasteiger partial charge in [-0.05, 0) is 79.5 Å². The number of aromatic hydroxyl groups is 1. The van der Waals surface area contributed by atoms with Crippen LogP contribution in [0.4, 0.5) is 13.2 Å². The summed E-state index contributed by atoms with van der Waals surface area (Å²) in [6, 6.07) is 5.35. The highest BCUT2D eigenvalue weighted by molar-refractivity contribution is 6.31. The van der Waals surface area contributed by atoms with Crippen LogP contribution >= 0.6 is 11.6 Å². The number of rotatable bonds is 1. The molecule has 3 aliphatic rings. The van der Waals surface area contributed by atoms with E-state index >= 15 is 0 Å². The van der Waals surface area contributed by atoms with E-state index < -0.39 is 22.2 Å². The summed E-state index contributed by atoms with van der Waals surface area (Å²) in [4.78, 5) is 0. The van der Waals surface area contributed by atoms with Gasteiger partial charge in [0.25, 0.3) is 0 Å². The van der Waals surface area contributed by atoms with Gasteiger partial charge in [0.15, 0.2) is 0 Å². The maximum atomic E-state index is 14.1. The minimum atomic E-state index is -4.81. The number of hydrogen-bond donors (Lipinski definition) is 2. The van der Waals surface area contributed by atoms with Crippen molar-refractivity contribution in [2.75, 3.05) is 0 Å². The largest absolute Gasteiger partial charge is 0.508 e. The standard InChI is InChI=1S/C21H24ClF3O2/c1-2-19-10-9-15-14-6-4-13(26)11-12(14)3-5-16(15)17(19)7-8-18(22)20(19,27)21(23,24)25/h4,6,8,11,15-17,26-27H,2-3,5,7,9-10H2,1H3/t15-,16-,17+,19+,20?/m1/s1. The molecule has 0 aromatic heterocycles. The Morgan fingerprint density at radius 3 is 2.67 bits per heavy atom. The van der Waals surface area contributed by atoms with E-state index in [9.17, 15) is 23.4 Å². The van der Waals surface area contributed by atoms with E-state index in [1.807, 2.05) is 6.07 Å². The van der Waals surface area contributed by atoms with Crippen molar-refractivity contribution < 1.29 is 23.4 Å². The van der Waals surface area contributed by atoms with Crippen LogP contribution in [0.3, 0.4) is 0 Å². The molecule has 148 valence electrons. The van der Waals surface area contributed by atoms with E-state index in [1.54, 1.807) is 19.1 Å². The number of halogens is 4. The van der Waals surface area contributed by atoms with Gasteiger partial charge in [-0.2, -0.15) is 13.2 Å². The Morgan fingerprint density at radius 1 is 1.26 bits per heavy atom. The lowest BCUT2D eigenvalue weighted by Crippen LogP contribution is -2.65. The topological polar surface area (TPSA) is 40.5 Å². The van der Waals surface area contributed by atoms with Crippen LogP contribution in [0.25, 0.3) is 0 Å². The first-order valence-electron chi connectivity index (χ1n) is 9.62. The Bertz CT molecular complexity index is 790. The van der Waals surface area contributed by atoms with Gasteiger partial charge in [0, 0.05) is 5.41 Å². The van der Waals surface area contributed by atoms with Gasteiger partial charge in [-0.3, -0.25) is 0 Å². The predicted molar refractivity (Wildman–Crippen MR) is 97.7 cm³/mol. The fourth-order valence-electron chi connectivity index (χ4n) is 6.36. The molecule has 0 spiro atoms. The Morgan fingerprint density at radius 2 is 2.00 bits per heavy atom. The van der Waals surface area contributed by atoms with Gasteiger partial charge >= 0.3 is 6.18 Å². The van der Waals surface area contributed by atoms with Crippen LogP contribution in [0.5, 0.6) is 5.75 Å². The summed E-state index contributed by atoms with van der Waals surface area (Å²) in [5, 5.41) is 20.3. The number of hydrogen-bond acceptors (Lipinski definition) is 2. The second-order valence-corrected chi connectivity index (χ2v) is 8.75. The Balaban J connectivity index is 1.81. The first kappa shape index (κ1) is 19.1. The van der Waals surface area contributed by atoms with Gasteiger partial charge in [0.1, 0.15) is 5.75 Å². The van der Waals surface area contributed by atoms with E-state index in [2.05, 4.69) is 0 Å². The van der Waals surface area contributed by atoms with Crippen molar-refractivity contribution in [2.24, 2.45) is 17.3 Å². The van der Waals surface area contributed by atoms with Crippen LogP contribution in [0.15, 0.2) is 29.3 Å². The van der Waals surface area contributed by atoms with E-state index in [4.69, 9.17) is 11.6 Å². The maximum absolute atomic E-state index is 14.1. The molecule has 6 heteroatoms. The lowest BCUT2D eigenvalue weighted by atomic mass is 9.46. The fourth-order valence-corrected chi connectivity index (χ4v) is 6.75. The second-order valence-electron chi connectivity index (χ2n) is 8.34. The van der Waals surface area contributed by atoms with Crippen molar-refractivity contribution in [3.63, 3.8) is 0 Å². The summed E-state index contributed by atoms with van der Waals surface area (Å²) in [6.07, 6.45) is -0.313. The number of phenolic OH excluding ortho intramolecular Hbond substituents is 1. The lowest BCUT2D eigenvalue weighted by molar-refractivity contribution is -0.305. The fraction of sp³-hybridized carbons (Fsp3) is 0.619. The van der Waals surface area contributed by atoms with E-state index in [-0.39, 0.29) is 36.3 Å². The molecule has 1 aromatic rings. The van der Waals surface area contributed by atoms with E-state index in [1.165, 1.54) is 6.08 Å². The molecule has 1 aromatic carbocycles. The van der Waals surface area contributed by atoms with Crippen LogP contribution in [-0.4, -0.2) is 22.0 Å². The number of aliphatic hydroxyl groups is 1. The number of fused-ring (bicyclic) bond motifs is 5. The predicted octanol–water partition coefficient (Wildman–Crippen LogP) is 5.66. The summed E-state index contributed by atoms with van der Waals surface area (Å²) < 4.78 is 42.2. The van der Waals surface area contributed by atoms with E-state index in [0.29, 0.717) is 12.8 Å². The number of phenols is 1. The van der Waals surface area contributed by atoms with Gasteiger partial charge in [-0.25, -0.2) is 0 Å². The molecule has 27 heavy (non-hydrogen) atoms. The molecule has 5 atom stereocenters. The normalized spacial score (nSPS) is 38.4. The quantitative estimate of drug-likeness (QED) is 0.638. The third kappa shape index (κ3) is 2.43. The molecular formula is C21H24ClF3O2. The van der Waals surface area contributed by atoms with Crippen molar-refractivity contribution in [1.29, 1.82) is 0 Å². The van der Waals surface area contributed by atoms with Crippen molar-refractivity contribution >= 4 is 11.6 Å². The van der Waals surface area contributed by atoms with Crippen LogP contribution < -0.4 is 0 Å². The highest BCUT2D eigenvalue weighted by atomic mass is 35.5. The number of allylic oxidation sites excluding steroid dienone is 1. The van der Waals surface area contributed by atoms with E-state index in [0.717, 1.165) is 24.0 Å². The molecule has 0 radical (unpaired) electrons. The molecule has 0 aliphatic heterocycles. The zero-order valence-corrected chi connectivity index (χ0v) is 15.9. The molecule has 1 saturated carbocycles. The van der Waals surface area contributed by atoms with Crippen molar-refractivity contribution in [2.45, 2.75) is 63.1 Å². The molecule has 0 bridgehead atoms. The summed E-state index contributed by atoms with van der Waals surface area (Å²) in [5.41, 5.74) is -2.02. The lowest BCUT2D eigenvalue weighted by Gasteiger charge is -2.60. The van der Waals surface area contributed by atoms with Crippen molar-refractivity contribution in [3.05, 3.63) is 40.4 Å². The number of benzene rings is 1. The molecule has 1 unspecified atom stereocenters. The highest BCUT2D eigenvalue weighted by Gasteiger charge is 2.72. The monoisotopic (exact) mass is 400 g/mol. The average molecular weight is 401 g/mol. The van der Waals surface area contributed by atoms with Gasteiger partial charge in [0.05, 0.1) is 5.03 Å². The molecule has 4 rings (SSSR count). The molecule has 3 aliphatic carbocycles. The molecule has 0 heterocycles. The maximum Gasteiger partial charge on any atom is 0.422 e. The molecular weight excluding hydrogens is 377 g/mol. The van der Waals surface area contributed by atoms with Crippen LogP contribution in [0.2, 0.25) is 0 Å². The smallest absolute Gasteiger partial charge is 0.422 e. The molecule has 1 fully saturated rings. The Labute approximate surface area is 162 Å². The summed E-state index contributed by atoms with van der Waals surface area (Å²) >= 11 is 6.03. The van der Waals surface area contributed by atoms with Gasteiger partial charge < -0.3 is 10.2 Å². The Hall–Kier alpha value is -1.20. The molecule has 0 saturated heterocycles. The number of aryl methyl sites for hydroxylation is 1. The third-order valence-corrected chi connectivity index (χ3v) is 8.00. The van der Waals surface area contributed by atoms with Gasteiger partial charge in [-0.1, -0.05) is 30.7 Å². The zero-order valence-electron chi connectivity index (χ0n) is 15.2. The SMILES string of the molecule is CC[C@]12CC[C@@H]3c4ccc(O)cc4CC[C@H]3[C@@H]1CC=C(Cl)C2(O)C(F)(F)F. The zero-order chi connectivity index (χ0) is 19.6. The molecule has 2 nitrogen and oxygen atoms in total.